The van der Waals surface area contributed by atoms with Gasteiger partial charge in [-0.2, -0.15) is 0 Å². The molecule has 4 nitrogen and oxygen atoms in total. The van der Waals surface area contributed by atoms with Crippen molar-refractivity contribution < 1.29 is 19.1 Å². The van der Waals surface area contributed by atoms with Crippen molar-refractivity contribution in [3.05, 3.63) is 36.1 Å². The molecule has 0 radical (unpaired) electrons. The summed E-state index contributed by atoms with van der Waals surface area (Å²) < 4.78 is 10.2. The van der Waals surface area contributed by atoms with Crippen molar-refractivity contribution in [3.63, 3.8) is 0 Å². The lowest BCUT2D eigenvalue weighted by Crippen LogP contribution is -2.09. The highest BCUT2D eigenvalue weighted by atomic mass is 16.5. The van der Waals surface area contributed by atoms with Crippen molar-refractivity contribution in [2.75, 3.05) is 6.61 Å². The number of furan rings is 1. The maximum absolute atomic E-state index is 11.2. The summed E-state index contributed by atoms with van der Waals surface area (Å²) in [5, 5.41) is 10.7. The second-order valence-electron chi connectivity index (χ2n) is 3.71. The van der Waals surface area contributed by atoms with Crippen LogP contribution >= 0.6 is 0 Å². The molecule has 1 N–H and O–H groups in total. The van der Waals surface area contributed by atoms with E-state index in [1.807, 2.05) is 24.3 Å². The minimum absolute atomic E-state index is 0.0896. The van der Waals surface area contributed by atoms with Gasteiger partial charge in [-0.3, -0.25) is 4.79 Å². The minimum Gasteiger partial charge on any atom is -0.466 e. The van der Waals surface area contributed by atoms with E-state index in [0.29, 0.717) is 18.0 Å². The molecule has 0 aliphatic heterocycles. The Kier molecular flexibility index (Phi) is 3.44. The van der Waals surface area contributed by atoms with Crippen molar-refractivity contribution in [2.24, 2.45) is 0 Å². The van der Waals surface area contributed by atoms with Crippen molar-refractivity contribution in [1.29, 1.82) is 0 Å². The minimum atomic E-state index is -0.957. The van der Waals surface area contributed by atoms with E-state index in [0.717, 1.165) is 5.39 Å². The molecule has 90 valence electrons. The molecule has 0 bridgehead atoms. The number of para-hydroxylation sites is 1. The fourth-order valence-electron chi connectivity index (χ4n) is 1.65. The van der Waals surface area contributed by atoms with Crippen LogP contribution in [0, 0.1) is 0 Å². The van der Waals surface area contributed by atoms with Gasteiger partial charge in [0.1, 0.15) is 17.4 Å². The Hall–Kier alpha value is -1.81. The first kappa shape index (κ1) is 11.7. The predicted octanol–water partition coefficient (Wildman–Crippen LogP) is 2.42. The Morgan fingerprint density at radius 1 is 1.47 bits per heavy atom. The molecule has 0 fully saturated rings. The first-order valence-electron chi connectivity index (χ1n) is 5.53. The fourth-order valence-corrected chi connectivity index (χ4v) is 1.65. The van der Waals surface area contributed by atoms with Crippen molar-refractivity contribution in [3.8, 4) is 0 Å². The lowest BCUT2D eigenvalue weighted by Gasteiger charge is -2.06. The Morgan fingerprint density at radius 2 is 2.24 bits per heavy atom. The van der Waals surface area contributed by atoms with E-state index >= 15 is 0 Å². The highest BCUT2D eigenvalue weighted by Crippen LogP contribution is 2.25. The number of hydrogen-bond donors (Lipinski definition) is 1. The van der Waals surface area contributed by atoms with Crippen LogP contribution in [-0.4, -0.2) is 17.7 Å². The maximum atomic E-state index is 11.2. The van der Waals surface area contributed by atoms with E-state index in [4.69, 9.17) is 9.15 Å². The average molecular weight is 234 g/mol. The van der Waals surface area contributed by atoms with Gasteiger partial charge in [-0.1, -0.05) is 18.2 Å². The summed E-state index contributed by atoms with van der Waals surface area (Å²) in [6.45, 7) is 2.04. The van der Waals surface area contributed by atoms with Gasteiger partial charge in [0.05, 0.1) is 13.0 Å². The summed E-state index contributed by atoms with van der Waals surface area (Å²) in [5.74, 6) is -0.0419. The first-order chi connectivity index (χ1) is 8.20. The van der Waals surface area contributed by atoms with E-state index in [2.05, 4.69) is 0 Å². The molecule has 0 unspecified atom stereocenters. The summed E-state index contributed by atoms with van der Waals surface area (Å²) in [5.41, 5.74) is 0.699. The van der Waals surface area contributed by atoms with Gasteiger partial charge < -0.3 is 14.3 Å². The van der Waals surface area contributed by atoms with Crippen molar-refractivity contribution in [1.82, 2.24) is 0 Å². The summed E-state index contributed by atoms with van der Waals surface area (Å²) in [6, 6.07) is 9.18. The van der Waals surface area contributed by atoms with Crippen LogP contribution < -0.4 is 0 Å². The van der Waals surface area contributed by atoms with Gasteiger partial charge >= 0.3 is 5.97 Å². The molecule has 0 aliphatic carbocycles. The molecule has 0 aliphatic rings. The van der Waals surface area contributed by atoms with Gasteiger partial charge in [-0.15, -0.1) is 0 Å². The maximum Gasteiger partial charge on any atom is 0.308 e. The predicted molar refractivity (Wildman–Crippen MR) is 62.4 cm³/mol. The number of carbonyl (C=O) groups excluding carboxylic acids is 1. The quantitative estimate of drug-likeness (QED) is 0.825. The first-order valence-corrected chi connectivity index (χ1v) is 5.53. The topological polar surface area (TPSA) is 59.7 Å². The lowest BCUT2D eigenvalue weighted by molar-refractivity contribution is -0.145. The van der Waals surface area contributed by atoms with Crippen molar-refractivity contribution in [2.45, 2.75) is 19.4 Å². The third-order valence-corrected chi connectivity index (χ3v) is 2.44. The Balaban J connectivity index is 2.13. The number of hydrogen-bond acceptors (Lipinski definition) is 4. The number of aliphatic hydroxyl groups is 1. The van der Waals surface area contributed by atoms with Gasteiger partial charge in [0.25, 0.3) is 0 Å². The third kappa shape index (κ3) is 2.65. The Bertz CT molecular complexity index is 482. The molecule has 0 saturated carbocycles. The molecule has 1 heterocycles. The molecule has 0 amide bonds. The molecule has 0 saturated heterocycles. The molecule has 1 aromatic carbocycles. The van der Waals surface area contributed by atoms with Crippen molar-refractivity contribution >= 4 is 16.9 Å². The van der Waals surface area contributed by atoms with Gasteiger partial charge in [0.15, 0.2) is 0 Å². The molecule has 1 atom stereocenters. The molecular formula is C13H14O4. The number of esters is 1. The standard InChI is InChI=1S/C13H14O4/c1-2-16-13(15)8-10(14)12-7-9-5-3-4-6-11(9)17-12/h3-7,10,14H,2,8H2,1H3/t10-/m1/s1. The second kappa shape index (κ2) is 5.01. The van der Waals surface area contributed by atoms with Gasteiger partial charge in [-0.05, 0) is 19.1 Å². The summed E-state index contributed by atoms with van der Waals surface area (Å²) in [4.78, 5) is 11.2. The van der Waals surface area contributed by atoms with Gasteiger partial charge in [-0.25, -0.2) is 0 Å². The van der Waals surface area contributed by atoms with Gasteiger partial charge in [0.2, 0.25) is 0 Å². The van der Waals surface area contributed by atoms with E-state index in [9.17, 15) is 9.90 Å². The number of benzene rings is 1. The number of ether oxygens (including phenoxy) is 1. The molecule has 2 rings (SSSR count). The van der Waals surface area contributed by atoms with Crippen LogP contribution in [-0.2, 0) is 9.53 Å². The zero-order valence-electron chi connectivity index (χ0n) is 9.55. The Labute approximate surface area is 98.8 Å². The number of carbonyl (C=O) groups is 1. The van der Waals surface area contributed by atoms with Crippen LogP contribution in [0.3, 0.4) is 0 Å². The Morgan fingerprint density at radius 3 is 2.94 bits per heavy atom. The van der Waals surface area contributed by atoms with E-state index in [-0.39, 0.29) is 6.42 Å². The zero-order chi connectivity index (χ0) is 12.3. The molecule has 0 spiro atoms. The van der Waals surface area contributed by atoms with Crippen LogP contribution in [0.2, 0.25) is 0 Å². The molecule has 4 heteroatoms. The summed E-state index contributed by atoms with van der Waals surface area (Å²) in [6.07, 6.45) is -1.05. The monoisotopic (exact) mass is 234 g/mol. The van der Waals surface area contributed by atoms with E-state index in [1.54, 1.807) is 13.0 Å². The fraction of sp³-hybridized carbons (Fsp3) is 0.308. The third-order valence-electron chi connectivity index (χ3n) is 2.44. The largest absolute Gasteiger partial charge is 0.466 e. The number of rotatable bonds is 4. The average Bonchev–Trinajstić information content (AvgIpc) is 2.72. The molecular weight excluding hydrogens is 220 g/mol. The van der Waals surface area contributed by atoms with Crippen LogP contribution in [0.4, 0.5) is 0 Å². The normalized spacial score (nSPS) is 12.6. The summed E-state index contributed by atoms with van der Waals surface area (Å²) >= 11 is 0. The summed E-state index contributed by atoms with van der Waals surface area (Å²) in [7, 11) is 0. The van der Waals surface area contributed by atoms with E-state index < -0.39 is 12.1 Å². The lowest BCUT2D eigenvalue weighted by atomic mass is 10.2. The number of aliphatic hydroxyl groups excluding tert-OH is 1. The van der Waals surface area contributed by atoms with Crippen LogP contribution in [0.25, 0.3) is 11.0 Å². The molecule has 17 heavy (non-hydrogen) atoms. The SMILES string of the molecule is CCOC(=O)C[C@@H](O)c1cc2ccccc2o1. The van der Waals surface area contributed by atoms with Crippen LogP contribution in [0.1, 0.15) is 25.2 Å². The van der Waals surface area contributed by atoms with Crippen LogP contribution in [0.15, 0.2) is 34.7 Å². The highest BCUT2D eigenvalue weighted by molar-refractivity contribution is 5.78. The highest BCUT2D eigenvalue weighted by Gasteiger charge is 2.17. The number of fused-ring (bicyclic) bond motifs is 1. The zero-order valence-corrected chi connectivity index (χ0v) is 9.55. The van der Waals surface area contributed by atoms with E-state index in [1.165, 1.54) is 0 Å². The van der Waals surface area contributed by atoms with Crippen LogP contribution in [0.5, 0.6) is 0 Å². The van der Waals surface area contributed by atoms with Gasteiger partial charge in [0, 0.05) is 5.39 Å². The smallest absolute Gasteiger partial charge is 0.308 e. The molecule has 2 aromatic rings. The molecule has 1 aromatic heterocycles. The second-order valence-corrected chi connectivity index (χ2v) is 3.71.